The van der Waals surface area contributed by atoms with Crippen molar-refractivity contribution in [1.82, 2.24) is 4.57 Å². The average molecular weight is 217 g/mol. The van der Waals surface area contributed by atoms with E-state index in [0.717, 1.165) is 19.6 Å². The fourth-order valence-electron chi connectivity index (χ4n) is 2.29. The summed E-state index contributed by atoms with van der Waals surface area (Å²) in [5, 5.41) is 1.30. The molecule has 16 heavy (non-hydrogen) atoms. The maximum absolute atomic E-state index is 5.48. The van der Waals surface area contributed by atoms with Gasteiger partial charge in [-0.2, -0.15) is 0 Å². The first-order valence-electron chi connectivity index (χ1n) is 5.61. The molecule has 1 aromatic carbocycles. The van der Waals surface area contributed by atoms with Crippen LogP contribution in [0, 0.1) is 0 Å². The van der Waals surface area contributed by atoms with Crippen LogP contribution in [-0.2, 0) is 22.9 Å². The maximum Gasteiger partial charge on any atom is 0.161 e. The van der Waals surface area contributed by atoms with Crippen molar-refractivity contribution in [3.8, 4) is 0 Å². The van der Waals surface area contributed by atoms with E-state index >= 15 is 0 Å². The summed E-state index contributed by atoms with van der Waals surface area (Å²) < 4.78 is 13.1. The first-order valence-corrected chi connectivity index (χ1v) is 5.61. The first-order chi connectivity index (χ1) is 7.84. The molecule has 0 bridgehead atoms. The monoisotopic (exact) mass is 217 g/mol. The van der Waals surface area contributed by atoms with Gasteiger partial charge in [-0.15, -0.1) is 0 Å². The highest BCUT2D eigenvalue weighted by Crippen LogP contribution is 2.23. The molecule has 0 saturated carbocycles. The Morgan fingerprint density at radius 3 is 2.81 bits per heavy atom. The molecule has 0 amide bonds. The minimum atomic E-state index is -0.0641. The highest BCUT2D eigenvalue weighted by atomic mass is 16.7. The van der Waals surface area contributed by atoms with Gasteiger partial charge in [-0.1, -0.05) is 18.2 Å². The fourth-order valence-corrected chi connectivity index (χ4v) is 2.29. The number of para-hydroxylation sites is 1. The third-order valence-electron chi connectivity index (χ3n) is 3.06. The van der Waals surface area contributed by atoms with E-state index in [9.17, 15) is 0 Å². The van der Waals surface area contributed by atoms with Gasteiger partial charge in [0.2, 0.25) is 0 Å². The molecule has 0 N–H and O–H groups in total. The van der Waals surface area contributed by atoms with E-state index in [1.54, 1.807) is 0 Å². The van der Waals surface area contributed by atoms with Crippen LogP contribution in [0.15, 0.2) is 30.5 Å². The van der Waals surface area contributed by atoms with E-state index in [-0.39, 0.29) is 6.29 Å². The zero-order valence-corrected chi connectivity index (χ0v) is 9.35. The van der Waals surface area contributed by atoms with Gasteiger partial charge in [0.1, 0.15) is 0 Å². The third kappa shape index (κ3) is 1.62. The second-order valence-electron chi connectivity index (χ2n) is 4.16. The molecule has 1 aliphatic heterocycles. The van der Waals surface area contributed by atoms with Crippen molar-refractivity contribution in [2.45, 2.75) is 12.7 Å². The Balaban J connectivity index is 1.96. The number of hydrogen-bond acceptors (Lipinski definition) is 2. The molecule has 0 unspecified atom stereocenters. The second-order valence-corrected chi connectivity index (χ2v) is 4.16. The Bertz CT molecular complexity index is 498. The molecule has 0 radical (unpaired) electrons. The van der Waals surface area contributed by atoms with Crippen LogP contribution < -0.4 is 0 Å². The number of ether oxygens (including phenoxy) is 2. The predicted octanol–water partition coefficient (Wildman–Crippen LogP) is 2.09. The number of aromatic nitrogens is 1. The molecule has 2 heterocycles. The van der Waals surface area contributed by atoms with Gasteiger partial charge in [0.05, 0.1) is 13.2 Å². The minimum Gasteiger partial charge on any atom is -0.350 e. The van der Waals surface area contributed by atoms with Crippen molar-refractivity contribution in [3.63, 3.8) is 0 Å². The van der Waals surface area contributed by atoms with Crippen LogP contribution in [-0.4, -0.2) is 24.1 Å². The lowest BCUT2D eigenvalue weighted by Crippen LogP contribution is -2.10. The molecule has 3 nitrogen and oxygen atoms in total. The molecule has 1 aliphatic rings. The summed E-state index contributed by atoms with van der Waals surface area (Å²) in [5.74, 6) is 0. The standard InChI is InChI=1S/C13H15NO2/c1-14-9-10(8-13-15-6-7-16-13)11-4-2-3-5-12(11)14/h2-5,9,13H,6-8H2,1H3. The second kappa shape index (κ2) is 3.92. The summed E-state index contributed by atoms with van der Waals surface area (Å²) in [4.78, 5) is 0. The van der Waals surface area contributed by atoms with E-state index in [0.29, 0.717) is 0 Å². The largest absolute Gasteiger partial charge is 0.350 e. The van der Waals surface area contributed by atoms with Gasteiger partial charge in [0.25, 0.3) is 0 Å². The molecule has 0 atom stereocenters. The quantitative estimate of drug-likeness (QED) is 0.769. The first kappa shape index (κ1) is 9.87. The van der Waals surface area contributed by atoms with Crippen LogP contribution in [0.2, 0.25) is 0 Å². The normalized spacial score (nSPS) is 17.3. The lowest BCUT2D eigenvalue weighted by molar-refractivity contribution is -0.0397. The van der Waals surface area contributed by atoms with Crippen molar-refractivity contribution >= 4 is 10.9 Å². The number of aryl methyl sites for hydroxylation is 1. The molecule has 1 fully saturated rings. The van der Waals surface area contributed by atoms with E-state index in [2.05, 4.69) is 42.1 Å². The van der Waals surface area contributed by atoms with E-state index < -0.39 is 0 Å². The van der Waals surface area contributed by atoms with Gasteiger partial charge in [-0.25, -0.2) is 0 Å². The third-order valence-corrected chi connectivity index (χ3v) is 3.06. The van der Waals surface area contributed by atoms with Crippen molar-refractivity contribution in [1.29, 1.82) is 0 Å². The predicted molar refractivity (Wildman–Crippen MR) is 62.3 cm³/mol. The summed E-state index contributed by atoms with van der Waals surface area (Å²) in [6.45, 7) is 1.44. The van der Waals surface area contributed by atoms with Gasteiger partial charge in [0.15, 0.2) is 6.29 Å². The van der Waals surface area contributed by atoms with Gasteiger partial charge < -0.3 is 14.0 Å². The SMILES string of the molecule is Cn1cc(CC2OCCO2)c2ccccc21. The fraction of sp³-hybridized carbons (Fsp3) is 0.385. The maximum atomic E-state index is 5.48. The van der Waals surface area contributed by atoms with Crippen molar-refractivity contribution in [2.24, 2.45) is 7.05 Å². The highest BCUT2D eigenvalue weighted by molar-refractivity contribution is 5.83. The number of hydrogen-bond donors (Lipinski definition) is 0. The lowest BCUT2D eigenvalue weighted by Gasteiger charge is -2.07. The molecular weight excluding hydrogens is 202 g/mol. The van der Waals surface area contributed by atoms with Crippen LogP contribution >= 0.6 is 0 Å². The summed E-state index contributed by atoms with van der Waals surface area (Å²) in [5.41, 5.74) is 2.56. The van der Waals surface area contributed by atoms with Gasteiger partial charge in [0, 0.05) is 30.6 Å². The molecule has 0 spiro atoms. The van der Waals surface area contributed by atoms with E-state index in [1.807, 2.05) is 0 Å². The lowest BCUT2D eigenvalue weighted by atomic mass is 10.1. The van der Waals surface area contributed by atoms with Crippen LogP contribution in [0.5, 0.6) is 0 Å². The van der Waals surface area contributed by atoms with E-state index in [1.165, 1.54) is 16.5 Å². The average Bonchev–Trinajstić information content (AvgIpc) is 2.90. The minimum absolute atomic E-state index is 0.0641. The Morgan fingerprint density at radius 2 is 2.00 bits per heavy atom. The Labute approximate surface area is 94.6 Å². The molecule has 1 aromatic heterocycles. The van der Waals surface area contributed by atoms with Gasteiger partial charge in [-0.05, 0) is 11.6 Å². The molecule has 0 aliphatic carbocycles. The van der Waals surface area contributed by atoms with Crippen LogP contribution in [0.25, 0.3) is 10.9 Å². The van der Waals surface area contributed by atoms with Crippen molar-refractivity contribution in [2.75, 3.05) is 13.2 Å². The topological polar surface area (TPSA) is 23.4 Å². The number of rotatable bonds is 2. The summed E-state index contributed by atoms with van der Waals surface area (Å²) in [7, 11) is 2.07. The summed E-state index contributed by atoms with van der Waals surface area (Å²) in [6.07, 6.45) is 2.93. The van der Waals surface area contributed by atoms with Gasteiger partial charge in [-0.3, -0.25) is 0 Å². The van der Waals surface area contributed by atoms with Gasteiger partial charge >= 0.3 is 0 Å². The van der Waals surface area contributed by atoms with Crippen LogP contribution in [0.3, 0.4) is 0 Å². The Kier molecular flexibility index (Phi) is 2.42. The van der Waals surface area contributed by atoms with Crippen molar-refractivity contribution < 1.29 is 9.47 Å². The molecule has 2 aromatic rings. The van der Waals surface area contributed by atoms with Crippen LogP contribution in [0.4, 0.5) is 0 Å². The number of benzene rings is 1. The molecule has 84 valence electrons. The summed E-state index contributed by atoms with van der Waals surface area (Å²) in [6, 6.07) is 8.42. The zero-order valence-electron chi connectivity index (χ0n) is 9.35. The molecule has 3 rings (SSSR count). The number of fused-ring (bicyclic) bond motifs is 1. The van der Waals surface area contributed by atoms with E-state index in [4.69, 9.17) is 9.47 Å². The summed E-state index contributed by atoms with van der Waals surface area (Å²) >= 11 is 0. The van der Waals surface area contributed by atoms with Crippen molar-refractivity contribution in [3.05, 3.63) is 36.0 Å². The molecular formula is C13H15NO2. The highest BCUT2D eigenvalue weighted by Gasteiger charge is 2.18. The Hall–Kier alpha value is -1.32. The Morgan fingerprint density at radius 1 is 1.25 bits per heavy atom. The van der Waals surface area contributed by atoms with Crippen LogP contribution in [0.1, 0.15) is 5.56 Å². The molecule has 3 heteroatoms. The molecule has 1 saturated heterocycles. The smallest absolute Gasteiger partial charge is 0.161 e. The number of nitrogens with zero attached hydrogens (tertiary/aromatic N) is 1. The zero-order chi connectivity index (χ0) is 11.0.